The number of hydrogen-bond donors (Lipinski definition) is 0. The molecule has 0 nitrogen and oxygen atoms in total. The Morgan fingerprint density at radius 3 is 1.59 bits per heavy atom. The third-order valence-electron chi connectivity index (χ3n) is 6.36. The Kier molecular flexibility index (Phi) is 11.4. The average molecular weight is 498 g/mol. The van der Waals surface area contributed by atoms with Gasteiger partial charge in [-0.15, -0.1) is 31.7 Å². The van der Waals surface area contributed by atoms with Crippen LogP contribution in [0.4, 0.5) is 0 Å². The molecule has 29 heavy (non-hydrogen) atoms. The molecule has 1 aliphatic carbocycles. The summed E-state index contributed by atoms with van der Waals surface area (Å²) in [5.74, 6) is 1.29. The summed E-state index contributed by atoms with van der Waals surface area (Å²) in [5.41, 5.74) is 4.36. The number of benzene rings is 2. The second-order valence-corrected chi connectivity index (χ2v) is 16.2. The Morgan fingerprint density at radius 2 is 1.24 bits per heavy atom. The van der Waals surface area contributed by atoms with Gasteiger partial charge in [0.1, 0.15) is 0 Å². The van der Waals surface area contributed by atoms with E-state index in [1.807, 2.05) is 0 Å². The molecule has 3 rings (SSSR count). The van der Waals surface area contributed by atoms with Gasteiger partial charge in [0.15, 0.2) is 0 Å². The Morgan fingerprint density at radius 1 is 0.828 bits per heavy atom. The van der Waals surface area contributed by atoms with Gasteiger partial charge in [0, 0.05) is 29.8 Å². The molecular weight excluding hydrogens is 466 g/mol. The van der Waals surface area contributed by atoms with E-state index in [4.69, 9.17) is 0 Å². The molecule has 0 radical (unpaired) electrons. The zero-order chi connectivity index (χ0) is 18.9. The maximum atomic E-state index is 3.89. The van der Waals surface area contributed by atoms with E-state index in [1.165, 1.54) is 27.5 Å². The van der Waals surface area contributed by atoms with Gasteiger partial charge in [-0.25, -0.2) is 5.57 Å². The van der Waals surface area contributed by atoms with E-state index in [1.54, 1.807) is 5.57 Å². The smallest absolute Gasteiger partial charge is 0.0470 e. The van der Waals surface area contributed by atoms with Gasteiger partial charge in [-0.3, -0.25) is 6.08 Å². The van der Waals surface area contributed by atoms with Crippen molar-refractivity contribution in [3.8, 4) is 0 Å². The fourth-order valence-electron chi connectivity index (χ4n) is 4.00. The van der Waals surface area contributed by atoms with Crippen LogP contribution in [0.3, 0.4) is 0 Å². The monoisotopic (exact) mass is 497 g/mol. The van der Waals surface area contributed by atoms with Gasteiger partial charge in [-0.05, 0) is 24.3 Å². The van der Waals surface area contributed by atoms with Crippen LogP contribution in [0.25, 0.3) is 0 Å². The van der Waals surface area contributed by atoms with Crippen molar-refractivity contribution in [3.05, 3.63) is 83.5 Å². The molecule has 1 unspecified atom stereocenters. The van der Waals surface area contributed by atoms with Crippen molar-refractivity contribution >= 4 is 51.4 Å². The largest absolute Gasteiger partial charge is 0.266 e. The normalized spacial score (nSPS) is 18.5. The minimum atomic E-state index is -1.63. The van der Waals surface area contributed by atoms with E-state index in [0.717, 1.165) is 0 Å². The first-order chi connectivity index (χ1) is 12.3. The van der Waals surface area contributed by atoms with Crippen LogP contribution in [0, 0.1) is 6.08 Å². The third-order valence-corrected chi connectivity index (χ3v) is 15.8. The van der Waals surface area contributed by atoms with Crippen molar-refractivity contribution in [2.75, 3.05) is 5.79 Å². The summed E-state index contributed by atoms with van der Waals surface area (Å²) in [7, 11) is -1.98. The number of allylic oxidation sites excluding steroid dienone is 4. The van der Waals surface area contributed by atoms with Crippen LogP contribution in [0.2, 0.25) is 18.1 Å². The van der Waals surface area contributed by atoms with E-state index in [9.17, 15) is 0 Å². The molecule has 0 bridgehead atoms. The van der Waals surface area contributed by atoms with Crippen molar-refractivity contribution in [1.29, 1.82) is 0 Å². The fraction of sp³-hybridized carbons (Fsp3) is 0.333. The molecule has 0 amide bonds. The summed E-state index contributed by atoms with van der Waals surface area (Å²) < 4.78 is 0. The molecule has 0 spiro atoms. The summed E-state index contributed by atoms with van der Waals surface area (Å²) in [5, 5.41) is 3.12. The topological polar surface area (TPSA) is 0 Å². The molecule has 1 aliphatic rings. The van der Waals surface area contributed by atoms with E-state index in [-0.39, 0.29) is 59.5 Å². The van der Waals surface area contributed by atoms with Crippen LogP contribution in [0.15, 0.2) is 77.4 Å². The molecule has 1 atom stereocenters. The van der Waals surface area contributed by atoms with E-state index >= 15 is 0 Å². The average Bonchev–Trinajstić information content (AvgIpc) is 2.85. The van der Waals surface area contributed by atoms with E-state index in [2.05, 4.69) is 108 Å². The van der Waals surface area contributed by atoms with Crippen molar-refractivity contribution in [3.63, 3.8) is 0 Å². The SMILES string of the molecule is CC1=[C-]C(C)([Si](C)(C)CP(c2ccccc2)c2ccccc2)C(C)=C1C.Cl.Cl.[Ti]. The predicted octanol–water partition coefficient (Wildman–Crippen LogP) is 7.07. The van der Waals surface area contributed by atoms with Gasteiger partial charge in [0.05, 0.1) is 0 Å². The van der Waals surface area contributed by atoms with Gasteiger partial charge in [-0.2, -0.15) is 11.1 Å². The van der Waals surface area contributed by atoms with Crippen LogP contribution in [-0.4, -0.2) is 13.9 Å². The first-order valence-electron chi connectivity index (χ1n) is 9.44. The summed E-state index contributed by atoms with van der Waals surface area (Å²) in [6, 6.07) is 22.3. The first-order valence-corrected chi connectivity index (χ1v) is 14.2. The third kappa shape index (κ3) is 5.76. The number of halogens is 2. The number of hydrogen-bond acceptors (Lipinski definition) is 0. The van der Waals surface area contributed by atoms with E-state index in [0.29, 0.717) is 0 Å². The molecule has 0 heterocycles. The van der Waals surface area contributed by atoms with Gasteiger partial charge in [0.25, 0.3) is 0 Å². The number of rotatable bonds is 5. The molecular formula is C24H32Cl2PSiTi-. The molecule has 2 aromatic carbocycles. The maximum absolute atomic E-state index is 3.89. The van der Waals surface area contributed by atoms with Crippen LogP contribution in [0.5, 0.6) is 0 Å². The minimum absolute atomic E-state index is 0. The predicted molar refractivity (Wildman–Crippen MR) is 135 cm³/mol. The van der Waals surface area contributed by atoms with Gasteiger partial charge < -0.3 is 0 Å². The Labute approximate surface area is 207 Å². The standard InChI is InChI=1S/C24H30PSi.2ClH.Ti/c1-19-17-24(4,21(3)20(19)2)26(5,6)18-25(22-13-9-7-10-14-22)23-15-11-8-12-16-23;;;/h7-16H,18H2,1-6H3;2*1H;/q-1;;;. The minimum Gasteiger partial charge on any atom is -0.266 e. The van der Waals surface area contributed by atoms with Crippen molar-refractivity contribution < 1.29 is 21.7 Å². The second kappa shape index (κ2) is 11.5. The summed E-state index contributed by atoms with van der Waals surface area (Å²) in [6.07, 6.45) is 3.89. The molecule has 0 saturated heterocycles. The summed E-state index contributed by atoms with van der Waals surface area (Å²) in [4.78, 5) is 0. The quantitative estimate of drug-likeness (QED) is 0.235. The Hall–Kier alpha value is -0.139. The summed E-state index contributed by atoms with van der Waals surface area (Å²) in [6.45, 7) is 14.4. The van der Waals surface area contributed by atoms with E-state index < -0.39 is 8.07 Å². The molecule has 0 aliphatic heterocycles. The van der Waals surface area contributed by atoms with Crippen LogP contribution < -0.4 is 10.6 Å². The molecule has 0 aromatic heterocycles. The second-order valence-electron chi connectivity index (χ2n) is 8.27. The zero-order valence-corrected chi connectivity index (χ0v) is 23.3. The molecule has 2 aromatic rings. The molecule has 156 valence electrons. The van der Waals surface area contributed by atoms with Gasteiger partial charge >= 0.3 is 0 Å². The molecule has 0 N–H and O–H groups in total. The van der Waals surface area contributed by atoms with Crippen LogP contribution in [0.1, 0.15) is 27.7 Å². The molecule has 0 saturated carbocycles. The van der Waals surface area contributed by atoms with Gasteiger partial charge in [-0.1, -0.05) is 99.6 Å². The Bertz CT molecular complexity index is 810. The van der Waals surface area contributed by atoms with Gasteiger partial charge in [0.2, 0.25) is 0 Å². The maximum Gasteiger partial charge on any atom is 0.0470 e. The van der Waals surface area contributed by atoms with Crippen molar-refractivity contribution in [2.45, 2.75) is 45.8 Å². The summed E-state index contributed by atoms with van der Waals surface area (Å²) >= 11 is 0. The first kappa shape index (κ1) is 28.9. The van der Waals surface area contributed by atoms with Crippen LogP contribution in [-0.2, 0) is 21.7 Å². The molecule has 5 heteroatoms. The van der Waals surface area contributed by atoms with Crippen LogP contribution >= 0.6 is 32.7 Å². The van der Waals surface area contributed by atoms with Crippen molar-refractivity contribution in [1.82, 2.24) is 0 Å². The van der Waals surface area contributed by atoms with Crippen molar-refractivity contribution in [2.24, 2.45) is 0 Å². The molecule has 0 fully saturated rings. The zero-order valence-electron chi connectivity index (χ0n) is 18.2. The Balaban J connectivity index is 0.00000261. The fourth-order valence-corrected chi connectivity index (χ4v) is 13.0.